The summed E-state index contributed by atoms with van der Waals surface area (Å²) in [6, 6.07) is 7.76. The van der Waals surface area contributed by atoms with Gasteiger partial charge in [-0.25, -0.2) is 0 Å². The summed E-state index contributed by atoms with van der Waals surface area (Å²) >= 11 is 0. The summed E-state index contributed by atoms with van der Waals surface area (Å²) in [6.07, 6.45) is 3.03. The summed E-state index contributed by atoms with van der Waals surface area (Å²) in [7, 11) is 0. The number of nitrogens with one attached hydrogen (secondary N) is 1. The van der Waals surface area contributed by atoms with Crippen LogP contribution in [-0.2, 0) is 14.9 Å². The molecule has 4 heteroatoms. The zero-order valence-electron chi connectivity index (χ0n) is 14.8. The summed E-state index contributed by atoms with van der Waals surface area (Å²) < 4.78 is 4.87. The summed E-state index contributed by atoms with van der Waals surface area (Å²) in [4.78, 5) is 23.2. The molecule has 128 valence electrons. The van der Waals surface area contributed by atoms with Gasteiger partial charge in [-0.05, 0) is 42.9 Å². The Labute approximate surface area is 139 Å². The van der Waals surface area contributed by atoms with E-state index in [1.54, 1.807) is 0 Å². The van der Waals surface area contributed by atoms with Crippen LogP contribution in [0.2, 0.25) is 0 Å². The van der Waals surface area contributed by atoms with Gasteiger partial charge in [0, 0.05) is 18.5 Å². The molecule has 0 saturated carbocycles. The maximum atomic E-state index is 12.0. The van der Waals surface area contributed by atoms with Crippen molar-refractivity contribution in [1.29, 1.82) is 0 Å². The third-order valence-corrected chi connectivity index (χ3v) is 3.66. The predicted molar refractivity (Wildman–Crippen MR) is 92.6 cm³/mol. The zero-order chi connectivity index (χ0) is 17.3. The molecule has 0 atom stereocenters. The molecule has 4 nitrogen and oxygen atoms in total. The van der Waals surface area contributed by atoms with Crippen molar-refractivity contribution in [3.8, 4) is 0 Å². The van der Waals surface area contributed by atoms with Crippen LogP contribution in [0.1, 0.15) is 69.3 Å². The Hall–Kier alpha value is -1.84. The maximum Gasteiger partial charge on any atom is 0.305 e. The lowest BCUT2D eigenvalue weighted by molar-refractivity contribution is -0.143. The highest BCUT2D eigenvalue weighted by Crippen LogP contribution is 2.22. The third kappa shape index (κ3) is 7.31. The van der Waals surface area contributed by atoms with Crippen molar-refractivity contribution in [2.75, 3.05) is 13.2 Å². The zero-order valence-corrected chi connectivity index (χ0v) is 14.8. The van der Waals surface area contributed by atoms with Crippen LogP contribution >= 0.6 is 0 Å². The predicted octanol–water partition coefficient (Wildman–Crippen LogP) is 3.84. The van der Waals surface area contributed by atoms with Gasteiger partial charge in [-0.2, -0.15) is 0 Å². The van der Waals surface area contributed by atoms with Gasteiger partial charge < -0.3 is 10.1 Å². The first-order valence-corrected chi connectivity index (χ1v) is 8.39. The molecule has 0 bridgehead atoms. The van der Waals surface area contributed by atoms with Gasteiger partial charge in [-0.3, -0.25) is 9.59 Å². The normalized spacial score (nSPS) is 11.1. The van der Waals surface area contributed by atoms with E-state index in [2.05, 4.69) is 26.1 Å². The summed E-state index contributed by atoms with van der Waals surface area (Å²) in [5.74, 6) is -0.189. The van der Waals surface area contributed by atoms with E-state index in [1.807, 2.05) is 31.2 Å². The van der Waals surface area contributed by atoms with Crippen LogP contribution in [0.4, 0.5) is 0 Å². The van der Waals surface area contributed by atoms with Crippen LogP contribution in [0.3, 0.4) is 0 Å². The Morgan fingerprint density at radius 1 is 1.04 bits per heavy atom. The molecule has 0 spiro atoms. The lowest BCUT2D eigenvalue weighted by atomic mass is 9.87. The molecule has 0 aliphatic carbocycles. The first-order valence-electron chi connectivity index (χ1n) is 8.39. The SMILES string of the molecule is CCOC(=O)CCCCCNC(=O)c1ccc(C(C)(C)C)cc1. The number of hydrogen-bond donors (Lipinski definition) is 1. The molecular weight excluding hydrogens is 290 g/mol. The fourth-order valence-corrected chi connectivity index (χ4v) is 2.23. The van der Waals surface area contributed by atoms with Crippen molar-refractivity contribution in [2.45, 2.75) is 58.8 Å². The van der Waals surface area contributed by atoms with E-state index in [-0.39, 0.29) is 17.3 Å². The minimum atomic E-state index is -0.143. The molecule has 0 aliphatic rings. The quantitative estimate of drug-likeness (QED) is 0.585. The average Bonchev–Trinajstić information content (AvgIpc) is 2.50. The third-order valence-electron chi connectivity index (χ3n) is 3.66. The van der Waals surface area contributed by atoms with E-state index in [4.69, 9.17) is 4.74 Å². The molecule has 1 amide bonds. The molecule has 0 aromatic heterocycles. The number of esters is 1. The van der Waals surface area contributed by atoms with Crippen LogP contribution in [0.25, 0.3) is 0 Å². The van der Waals surface area contributed by atoms with Crippen molar-refractivity contribution in [3.05, 3.63) is 35.4 Å². The average molecular weight is 319 g/mol. The topological polar surface area (TPSA) is 55.4 Å². The molecule has 1 aromatic rings. The first kappa shape index (κ1) is 19.2. The van der Waals surface area contributed by atoms with Crippen LogP contribution in [0.15, 0.2) is 24.3 Å². The fourth-order valence-electron chi connectivity index (χ4n) is 2.23. The molecule has 1 rings (SSSR count). The molecule has 0 heterocycles. The van der Waals surface area contributed by atoms with Crippen molar-refractivity contribution in [1.82, 2.24) is 5.32 Å². The van der Waals surface area contributed by atoms with Gasteiger partial charge in [0.05, 0.1) is 6.61 Å². The van der Waals surface area contributed by atoms with Crippen LogP contribution in [0.5, 0.6) is 0 Å². The summed E-state index contributed by atoms with van der Waals surface area (Å²) in [5, 5.41) is 2.92. The second-order valence-corrected chi connectivity index (χ2v) is 6.70. The molecule has 23 heavy (non-hydrogen) atoms. The van der Waals surface area contributed by atoms with Crippen LogP contribution in [-0.4, -0.2) is 25.0 Å². The van der Waals surface area contributed by atoms with Gasteiger partial charge in [0.25, 0.3) is 5.91 Å². The van der Waals surface area contributed by atoms with Gasteiger partial charge in [0.2, 0.25) is 0 Å². The first-order chi connectivity index (χ1) is 10.8. The van der Waals surface area contributed by atoms with E-state index in [0.717, 1.165) is 19.3 Å². The number of carbonyl (C=O) groups is 2. The van der Waals surface area contributed by atoms with E-state index in [0.29, 0.717) is 25.1 Å². The molecule has 0 saturated heterocycles. The van der Waals surface area contributed by atoms with Gasteiger partial charge in [-0.1, -0.05) is 39.3 Å². The molecular formula is C19H29NO3. The van der Waals surface area contributed by atoms with Crippen LogP contribution < -0.4 is 5.32 Å². The number of ether oxygens (including phenoxy) is 1. The fraction of sp³-hybridized carbons (Fsp3) is 0.579. The van der Waals surface area contributed by atoms with Gasteiger partial charge in [0.1, 0.15) is 0 Å². The molecule has 0 radical (unpaired) electrons. The second-order valence-electron chi connectivity index (χ2n) is 6.70. The molecule has 0 aliphatic heterocycles. The molecule has 0 fully saturated rings. The number of unbranched alkanes of at least 4 members (excludes halogenated alkanes) is 2. The minimum absolute atomic E-state index is 0.0455. The lowest BCUT2D eigenvalue weighted by Gasteiger charge is -2.19. The number of carbonyl (C=O) groups excluding carboxylic acids is 2. The Morgan fingerprint density at radius 3 is 2.26 bits per heavy atom. The van der Waals surface area contributed by atoms with E-state index < -0.39 is 0 Å². The van der Waals surface area contributed by atoms with Crippen molar-refractivity contribution in [2.24, 2.45) is 0 Å². The number of benzene rings is 1. The molecule has 1 aromatic carbocycles. The smallest absolute Gasteiger partial charge is 0.305 e. The standard InChI is InChI=1S/C19H29NO3/c1-5-23-17(21)9-7-6-8-14-20-18(22)15-10-12-16(13-11-15)19(2,3)4/h10-13H,5-9,14H2,1-4H3,(H,20,22). The monoisotopic (exact) mass is 319 g/mol. The van der Waals surface area contributed by atoms with E-state index in [1.165, 1.54) is 5.56 Å². The highest BCUT2D eigenvalue weighted by atomic mass is 16.5. The second kappa shape index (κ2) is 9.33. The van der Waals surface area contributed by atoms with E-state index >= 15 is 0 Å². The summed E-state index contributed by atoms with van der Waals surface area (Å²) in [6.45, 7) is 9.32. The van der Waals surface area contributed by atoms with Crippen molar-refractivity contribution >= 4 is 11.9 Å². The molecule has 0 unspecified atom stereocenters. The highest BCUT2D eigenvalue weighted by Gasteiger charge is 2.14. The molecule has 1 N–H and O–H groups in total. The Morgan fingerprint density at radius 2 is 1.70 bits per heavy atom. The van der Waals surface area contributed by atoms with E-state index in [9.17, 15) is 9.59 Å². The lowest BCUT2D eigenvalue weighted by Crippen LogP contribution is -2.24. The van der Waals surface area contributed by atoms with Gasteiger partial charge in [-0.15, -0.1) is 0 Å². The number of amides is 1. The highest BCUT2D eigenvalue weighted by molar-refractivity contribution is 5.94. The Balaban J connectivity index is 2.25. The summed E-state index contributed by atoms with van der Waals surface area (Å²) in [5.41, 5.74) is 1.99. The van der Waals surface area contributed by atoms with Gasteiger partial charge >= 0.3 is 5.97 Å². The minimum Gasteiger partial charge on any atom is -0.466 e. The largest absolute Gasteiger partial charge is 0.466 e. The van der Waals surface area contributed by atoms with Crippen molar-refractivity contribution < 1.29 is 14.3 Å². The Bertz CT molecular complexity index is 500. The van der Waals surface area contributed by atoms with Crippen LogP contribution in [0, 0.1) is 0 Å². The number of rotatable bonds is 8. The number of hydrogen-bond acceptors (Lipinski definition) is 3. The Kier molecular flexibility index (Phi) is 7.79. The maximum absolute atomic E-state index is 12.0. The van der Waals surface area contributed by atoms with Gasteiger partial charge in [0.15, 0.2) is 0 Å². The van der Waals surface area contributed by atoms with Crippen molar-refractivity contribution in [3.63, 3.8) is 0 Å².